The van der Waals surface area contributed by atoms with Crippen molar-refractivity contribution in [2.24, 2.45) is 0 Å². The minimum absolute atomic E-state index is 0.0578. The zero-order valence-electron chi connectivity index (χ0n) is 18.3. The van der Waals surface area contributed by atoms with Crippen LogP contribution in [0.3, 0.4) is 0 Å². The molecule has 1 aliphatic carbocycles. The first-order valence-electron chi connectivity index (χ1n) is 10.6. The predicted octanol–water partition coefficient (Wildman–Crippen LogP) is 6.62. The predicted molar refractivity (Wildman–Crippen MR) is 120 cm³/mol. The van der Waals surface area contributed by atoms with Crippen LogP contribution in [-0.2, 0) is 6.61 Å². The molecule has 0 atom stereocenters. The number of methoxy groups -OCH3 is 1. The number of halogens is 3. The summed E-state index contributed by atoms with van der Waals surface area (Å²) >= 11 is 6.47. The molecule has 3 aromatic rings. The maximum absolute atomic E-state index is 13.5. The molecule has 1 N–H and O–H groups in total. The second-order valence-electron chi connectivity index (χ2n) is 8.30. The Hall–Kier alpha value is -2.67. The van der Waals surface area contributed by atoms with Gasteiger partial charge in [-0.3, -0.25) is 4.98 Å². The molecule has 2 aromatic heterocycles. The number of imidazole rings is 1. The van der Waals surface area contributed by atoms with E-state index in [1.54, 1.807) is 13.3 Å². The highest BCUT2D eigenvalue weighted by molar-refractivity contribution is 6.32. The van der Waals surface area contributed by atoms with Crippen molar-refractivity contribution in [3.63, 3.8) is 0 Å². The fourth-order valence-corrected chi connectivity index (χ4v) is 4.31. The average Bonchev–Trinajstić information content (AvgIpc) is 3.15. The Balaban J connectivity index is 1.57. The van der Waals surface area contributed by atoms with Gasteiger partial charge in [-0.1, -0.05) is 17.7 Å². The van der Waals surface area contributed by atoms with Crippen LogP contribution in [0.4, 0.5) is 8.78 Å². The van der Waals surface area contributed by atoms with Crippen molar-refractivity contribution in [3.8, 4) is 22.8 Å². The van der Waals surface area contributed by atoms with Crippen molar-refractivity contribution in [3.05, 3.63) is 58.3 Å². The van der Waals surface area contributed by atoms with Gasteiger partial charge < -0.3 is 14.5 Å². The molecule has 0 aliphatic heterocycles. The number of aromatic nitrogens is 3. The zero-order chi connectivity index (χ0) is 22.9. The molecule has 32 heavy (non-hydrogen) atoms. The van der Waals surface area contributed by atoms with E-state index in [0.29, 0.717) is 47.6 Å². The molecule has 8 heteroatoms. The lowest BCUT2D eigenvalue weighted by Crippen LogP contribution is -2.24. The van der Waals surface area contributed by atoms with Crippen LogP contribution in [0.5, 0.6) is 11.5 Å². The molecule has 1 aliphatic rings. The minimum Gasteiger partial charge on any atom is -0.496 e. The highest BCUT2D eigenvalue weighted by atomic mass is 35.5. The Bertz CT molecular complexity index is 1090. The molecule has 2 heterocycles. The van der Waals surface area contributed by atoms with Gasteiger partial charge in [0, 0.05) is 36.1 Å². The van der Waals surface area contributed by atoms with Crippen LogP contribution in [0.1, 0.15) is 54.2 Å². The van der Waals surface area contributed by atoms with Crippen LogP contribution in [0.2, 0.25) is 5.15 Å². The third-order valence-corrected chi connectivity index (χ3v) is 6.22. The lowest BCUT2D eigenvalue weighted by Gasteiger charge is -2.26. The molecule has 5 nitrogen and oxygen atoms in total. The van der Waals surface area contributed by atoms with Gasteiger partial charge in [0.05, 0.1) is 12.8 Å². The molecule has 0 amide bonds. The maximum atomic E-state index is 13.5. The van der Waals surface area contributed by atoms with E-state index in [1.165, 1.54) is 0 Å². The summed E-state index contributed by atoms with van der Waals surface area (Å²) in [5.74, 6) is -0.715. The summed E-state index contributed by atoms with van der Waals surface area (Å²) in [6.07, 6.45) is 2.31. The molecular weight excluding hydrogens is 436 g/mol. The summed E-state index contributed by atoms with van der Waals surface area (Å²) in [7, 11) is 1.59. The molecule has 170 valence electrons. The maximum Gasteiger partial charge on any atom is 0.248 e. The van der Waals surface area contributed by atoms with Gasteiger partial charge in [-0.05, 0) is 50.5 Å². The van der Waals surface area contributed by atoms with Crippen LogP contribution >= 0.6 is 11.6 Å². The Morgan fingerprint density at radius 1 is 1.16 bits per heavy atom. The van der Waals surface area contributed by atoms with Gasteiger partial charge in [-0.15, -0.1) is 0 Å². The van der Waals surface area contributed by atoms with Crippen molar-refractivity contribution in [2.75, 3.05) is 7.11 Å². The van der Waals surface area contributed by atoms with E-state index in [4.69, 9.17) is 21.1 Å². The Morgan fingerprint density at radius 3 is 2.56 bits per heavy atom. The van der Waals surface area contributed by atoms with Gasteiger partial charge in [-0.25, -0.2) is 13.8 Å². The fraction of sp³-hybridized carbons (Fsp3) is 0.417. The number of ether oxygens (including phenoxy) is 2. The third kappa shape index (κ3) is 4.72. The normalized spacial score (nSPS) is 16.2. The molecule has 0 saturated heterocycles. The van der Waals surface area contributed by atoms with Crippen molar-refractivity contribution >= 4 is 11.6 Å². The second kappa shape index (κ2) is 9.06. The van der Waals surface area contributed by atoms with E-state index < -0.39 is 5.92 Å². The van der Waals surface area contributed by atoms with E-state index in [2.05, 4.69) is 15.0 Å². The number of nitrogens with one attached hydrogen (secondary N) is 1. The number of nitrogens with zero attached hydrogens (tertiary/aromatic N) is 2. The molecule has 0 unspecified atom stereocenters. The lowest BCUT2D eigenvalue weighted by molar-refractivity contribution is -0.0387. The van der Waals surface area contributed by atoms with Crippen LogP contribution in [-0.4, -0.2) is 28.0 Å². The number of aromatic amines is 1. The monoisotopic (exact) mass is 461 g/mol. The van der Waals surface area contributed by atoms with Crippen molar-refractivity contribution < 1.29 is 18.3 Å². The summed E-state index contributed by atoms with van der Waals surface area (Å²) in [4.78, 5) is 12.1. The highest BCUT2D eigenvalue weighted by Crippen LogP contribution is 2.43. The minimum atomic E-state index is -2.58. The standard InChI is InChI=1S/C24H26ClF2N3O2/c1-14-4-5-17(28-12-14)13-32-19-7-6-18(21(31-3)15(19)2)20-22(25)30-23(29-20)16-8-10-24(26,27)11-9-16/h4-7,12,16H,8-11,13H2,1-3H3,(H,29,30). The van der Waals surface area contributed by atoms with Gasteiger partial charge in [0.2, 0.25) is 5.92 Å². The molecule has 0 radical (unpaired) electrons. The fourth-order valence-electron chi connectivity index (χ4n) is 4.07. The molecule has 1 saturated carbocycles. The van der Waals surface area contributed by atoms with E-state index in [0.717, 1.165) is 22.4 Å². The number of rotatable bonds is 6. The smallest absolute Gasteiger partial charge is 0.248 e. The Labute approximate surface area is 191 Å². The van der Waals surface area contributed by atoms with Crippen molar-refractivity contribution in [1.29, 1.82) is 0 Å². The third-order valence-electron chi connectivity index (χ3n) is 5.95. The van der Waals surface area contributed by atoms with Gasteiger partial charge in [0.15, 0.2) is 0 Å². The van der Waals surface area contributed by atoms with Gasteiger partial charge in [0.25, 0.3) is 0 Å². The van der Waals surface area contributed by atoms with Gasteiger partial charge in [-0.2, -0.15) is 0 Å². The summed E-state index contributed by atoms with van der Waals surface area (Å²) in [5.41, 5.74) is 4.00. The molecule has 4 rings (SSSR count). The zero-order valence-corrected chi connectivity index (χ0v) is 19.1. The van der Waals surface area contributed by atoms with Gasteiger partial charge in [0.1, 0.15) is 34.8 Å². The summed E-state index contributed by atoms with van der Waals surface area (Å²) < 4.78 is 38.7. The Kier molecular flexibility index (Phi) is 6.38. The van der Waals surface area contributed by atoms with Crippen molar-refractivity contribution in [1.82, 2.24) is 15.0 Å². The SMILES string of the molecule is COc1c(-c2nc(C3CCC(F)(F)CC3)[nH]c2Cl)ccc(OCc2ccc(C)cn2)c1C. The summed E-state index contributed by atoms with van der Waals surface area (Å²) in [6.45, 7) is 4.23. The molecule has 0 bridgehead atoms. The number of pyridine rings is 1. The van der Waals surface area contributed by atoms with E-state index >= 15 is 0 Å². The molecule has 0 spiro atoms. The lowest BCUT2D eigenvalue weighted by atomic mass is 9.86. The number of benzene rings is 1. The first kappa shape index (κ1) is 22.5. The number of alkyl halides is 2. The van der Waals surface area contributed by atoms with Crippen LogP contribution in [0.15, 0.2) is 30.5 Å². The van der Waals surface area contributed by atoms with Gasteiger partial charge >= 0.3 is 0 Å². The van der Waals surface area contributed by atoms with E-state index in [9.17, 15) is 8.78 Å². The molecule has 1 aromatic carbocycles. The summed E-state index contributed by atoms with van der Waals surface area (Å²) in [5, 5.41) is 0.368. The van der Waals surface area contributed by atoms with Crippen LogP contribution < -0.4 is 9.47 Å². The first-order chi connectivity index (χ1) is 15.3. The number of hydrogen-bond donors (Lipinski definition) is 1. The van der Waals surface area contributed by atoms with E-state index in [1.807, 2.05) is 38.1 Å². The van der Waals surface area contributed by atoms with E-state index in [-0.39, 0.29) is 18.8 Å². The quantitative estimate of drug-likeness (QED) is 0.448. The second-order valence-corrected chi connectivity index (χ2v) is 8.68. The Morgan fingerprint density at radius 2 is 1.91 bits per heavy atom. The molecule has 1 fully saturated rings. The number of H-pyrrole nitrogens is 1. The summed E-state index contributed by atoms with van der Waals surface area (Å²) in [6, 6.07) is 7.63. The highest BCUT2D eigenvalue weighted by Gasteiger charge is 2.36. The largest absolute Gasteiger partial charge is 0.496 e. The van der Waals surface area contributed by atoms with Crippen LogP contribution in [0.25, 0.3) is 11.3 Å². The van der Waals surface area contributed by atoms with Crippen LogP contribution in [0, 0.1) is 13.8 Å². The first-order valence-corrected chi connectivity index (χ1v) is 11.0. The molecular formula is C24H26ClF2N3O2. The number of hydrogen-bond acceptors (Lipinski definition) is 4. The number of aryl methyl sites for hydroxylation is 1. The topological polar surface area (TPSA) is 60.0 Å². The van der Waals surface area contributed by atoms with Crippen molar-refractivity contribution in [2.45, 2.75) is 58.0 Å². The average molecular weight is 462 g/mol.